The molecular weight excluding hydrogens is 280 g/mol. The minimum atomic E-state index is -0.332. The quantitative estimate of drug-likeness (QED) is 0.863. The van der Waals surface area contributed by atoms with Gasteiger partial charge in [-0.2, -0.15) is 0 Å². The number of hydroxylamine groups is 1. The molecule has 0 radical (unpaired) electrons. The van der Waals surface area contributed by atoms with Crippen molar-refractivity contribution >= 4 is 16.8 Å². The fourth-order valence-corrected chi connectivity index (χ4v) is 2.83. The first-order valence-corrected chi connectivity index (χ1v) is 7.95. The van der Waals surface area contributed by atoms with Crippen molar-refractivity contribution in [1.82, 2.24) is 10.0 Å². The minimum Gasteiger partial charge on any atom is -0.350 e. The number of nitrogens with zero attached hydrogens (tertiary/aromatic N) is 1. The molecule has 0 bridgehead atoms. The van der Waals surface area contributed by atoms with Crippen LogP contribution in [0.3, 0.4) is 0 Å². The molecule has 1 N–H and O–H groups in total. The number of fused-ring (bicyclic) bond motifs is 1. The van der Waals surface area contributed by atoms with Gasteiger partial charge in [-0.3, -0.25) is 4.79 Å². The molecule has 1 aromatic carbocycles. The summed E-state index contributed by atoms with van der Waals surface area (Å²) in [5, 5.41) is 0.946. The Bertz CT molecular complexity index is 644. The summed E-state index contributed by atoms with van der Waals surface area (Å²) in [5.41, 5.74) is 4.25. The zero-order valence-electron chi connectivity index (χ0n) is 12.9. The molecule has 2 heterocycles. The molecule has 1 aliphatic heterocycles. The van der Waals surface area contributed by atoms with Crippen LogP contribution in [0.4, 0.5) is 0 Å². The van der Waals surface area contributed by atoms with Crippen molar-refractivity contribution < 1.29 is 14.4 Å². The number of benzene rings is 1. The van der Waals surface area contributed by atoms with Gasteiger partial charge in [0.1, 0.15) is 0 Å². The van der Waals surface area contributed by atoms with Gasteiger partial charge in [0.25, 0.3) is 5.91 Å². The summed E-state index contributed by atoms with van der Waals surface area (Å²) >= 11 is 0. The van der Waals surface area contributed by atoms with Crippen molar-refractivity contribution in [2.24, 2.45) is 0 Å². The van der Waals surface area contributed by atoms with Gasteiger partial charge in [-0.05, 0) is 25.3 Å². The van der Waals surface area contributed by atoms with E-state index in [1.165, 1.54) is 0 Å². The van der Waals surface area contributed by atoms with Crippen LogP contribution in [0, 0.1) is 0 Å². The maximum Gasteiger partial charge on any atom is 0.277 e. The lowest BCUT2D eigenvalue weighted by atomic mass is 10.2. The second-order valence-corrected chi connectivity index (χ2v) is 5.60. The zero-order valence-corrected chi connectivity index (χ0v) is 12.9. The number of ether oxygens (including phenoxy) is 1. The predicted octanol–water partition coefficient (Wildman–Crippen LogP) is 3.24. The van der Waals surface area contributed by atoms with Gasteiger partial charge in [0.2, 0.25) is 0 Å². The number of amides is 1. The third kappa shape index (κ3) is 3.15. The Morgan fingerprint density at radius 1 is 1.41 bits per heavy atom. The van der Waals surface area contributed by atoms with Crippen LogP contribution < -0.4 is 5.48 Å². The first kappa shape index (κ1) is 15.1. The molecule has 0 spiro atoms. The molecule has 1 atom stereocenters. The third-order valence-corrected chi connectivity index (χ3v) is 3.92. The average molecular weight is 302 g/mol. The van der Waals surface area contributed by atoms with E-state index in [2.05, 4.69) is 17.0 Å². The van der Waals surface area contributed by atoms with Crippen LogP contribution in [0.1, 0.15) is 43.0 Å². The monoisotopic (exact) mass is 302 g/mol. The Hall–Kier alpha value is -1.85. The van der Waals surface area contributed by atoms with Crippen LogP contribution in [-0.2, 0) is 16.1 Å². The lowest BCUT2D eigenvalue weighted by molar-refractivity contribution is -0.186. The molecule has 0 aliphatic carbocycles. The molecular formula is C17H22N2O3. The van der Waals surface area contributed by atoms with Gasteiger partial charge in [0.15, 0.2) is 6.29 Å². The number of carbonyl (C=O) groups excluding carboxylic acids is 1. The second-order valence-electron chi connectivity index (χ2n) is 5.60. The SMILES string of the molecule is CCCn1cc(C(=O)NOC2CCCCO2)c2ccccc21. The fraction of sp³-hybridized carbons (Fsp3) is 0.471. The Labute approximate surface area is 130 Å². The summed E-state index contributed by atoms with van der Waals surface area (Å²) in [6.45, 7) is 3.70. The fourth-order valence-electron chi connectivity index (χ4n) is 2.83. The highest BCUT2D eigenvalue weighted by Crippen LogP contribution is 2.22. The number of hydrogen-bond donors (Lipinski definition) is 1. The maximum atomic E-state index is 12.4. The van der Waals surface area contributed by atoms with Crippen LogP contribution in [-0.4, -0.2) is 23.4 Å². The zero-order chi connectivity index (χ0) is 15.4. The van der Waals surface area contributed by atoms with Gasteiger partial charge in [0, 0.05) is 36.7 Å². The minimum absolute atomic E-state index is 0.222. The lowest BCUT2D eigenvalue weighted by Gasteiger charge is -2.21. The summed E-state index contributed by atoms with van der Waals surface area (Å²) in [6.07, 6.45) is 5.52. The van der Waals surface area contributed by atoms with E-state index in [4.69, 9.17) is 9.57 Å². The molecule has 1 fully saturated rings. The normalized spacial score (nSPS) is 18.5. The molecule has 22 heavy (non-hydrogen) atoms. The summed E-state index contributed by atoms with van der Waals surface area (Å²) in [6, 6.07) is 7.93. The second kappa shape index (κ2) is 6.94. The maximum absolute atomic E-state index is 12.4. The van der Waals surface area contributed by atoms with Crippen LogP contribution in [0.5, 0.6) is 0 Å². The molecule has 1 aromatic heterocycles. The molecule has 1 amide bonds. The number of hydrogen-bond acceptors (Lipinski definition) is 3. The predicted molar refractivity (Wildman–Crippen MR) is 84.4 cm³/mol. The largest absolute Gasteiger partial charge is 0.350 e. The van der Waals surface area contributed by atoms with E-state index in [9.17, 15) is 4.79 Å². The number of para-hydroxylation sites is 1. The van der Waals surface area contributed by atoms with Gasteiger partial charge >= 0.3 is 0 Å². The Balaban J connectivity index is 1.75. The molecule has 1 aliphatic rings. The average Bonchev–Trinajstić information content (AvgIpc) is 2.93. The Morgan fingerprint density at radius 3 is 3.05 bits per heavy atom. The first-order valence-electron chi connectivity index (χ1n) is 7.95. The third-order valence-electron chi connectivity index (χ3n) is 3.92. The summed E-state index contributed by atoms with van der Waals surface area (Å²) < 4.78 is 7.57. The number of nitrogens with one attached hydrogen (secondary N) is 1. The van der Waals surface area contributed by atoms with E-state index in [0.29, 0.717) is 12.2 Å². The smallest absolute Gasteiger partial charge is 0.277 e. The molecule has 5 nitrogen and oxygen atoms in total. The molecule has 3 rings (SSSR count). The van der Waals surface area contributed by atoms with Gasteiger partial charge in [-0.15, -0.1) is 0 Å². The van der Waals surface area contributed by atoms with Gasteiger partial charge < -0.3 is 9.30 Å². The summed E-state index contributed by atoms with van der Waals surface area (Å²) in [4.78, 5) is 17.8. The van der Waals surface area contributed by atoms with E-state index in [1.54, 1.807) is 0 Å². The summed E-state index contributed by atoms with van der Waals surface area (Å²) in [5.74, 6) is -0.222. The molecule has 2 aromatic rings. The highest BCUT2D eigenvalue weighted by Gasteiger charge is 2.18. The Morgan fingerprint density at radius 2 is 2.27 bits per heavy atom. The number of rotatable bonds is 5. The molecule has 0 saturated carbocycles. The molecule has 118 valence electrons. The van der Waals surface area contributed by atoms with Crippen LogP contribution in [0.25, 0.3) is 10.9 Å². The van der Waals surface area contributed by atoms with E-state index in [-0.39, 0.29) is 12.2 Å². The Kier molecular flexibility index (Phi) is 4.75. The highest BCUT2D eigenvalue weighted by atomic mass is 16.8. The van der Waals surface area contributed by atoms with E-state index in [0.717, 1.165) is 43.1 Å². The molecule has 5 heteroatoms. The molecule has 1 saturated heterocycles. The van der Waals surface area contributed by atoms with E-state index >= 15 is 0 Å². The van der Waals surface area contributed by atoms with Gasteiger partial charge in [0.05, 0.1) is 5.56 Å². The summed E-state index contributed by atoms with van der Waals surface area (Å²) in [7, 11) is 0. The van der Waals surface area contributed by atoms with Gasteiger partial charge in [-0.1, -0.05) is 25.1 Å². The standard InChI is InChI=1S/C17H22N2O3/c1-2-10-19-12-14(13-7-3-4-8-15(13)19)17(20)18-22-16-9-5-6-11-21-16/h3-4,7-8,12,16H,2,5-6,9-11H2,1H3,(H,18,20). The first-order chi connectivity index (χ1) is 10.8. The van der Waals surface area contributed by atoms with Gasteiger partial charge in [-0.25, -0.2) is 10.3 Å². The number of aromatic nitrogens is 1. The van der Waals surface area contributed by atoms with Crippen molar-refractivity contribution in [3.63, 3.8) is 0 Å². The molecule has 1 unspecified atom stereocenters. The van der Waals surface area contributed by atoms with E-state index in [1.807, 2.05) is 30.5 Å². The van der Waals surface area contributed by atoms with Crippen LogP contribution in [0.15, 0.2) is 30.5 Å². The van der Waals surface area contributed by atoms with Crippen molar-refractivity contribution in [2.45, 2.75) is 45.4 Å². The number of aryl methyl sites for hydroxylation is 1. The van der Waals surface area contributed by atoms with Crippen molar-refractivity contribution in [2.75, 3.05) is 6.61 Å². The van der Waals surface area contributed by atoms with Crippen LogP contribution in [0.2, 0.25) is 0 Å². The van der Waals surface area contributed by atoms with Crippen LogP contribution >= 0.6 is 0 Å². The van der Waals surface area contributed by atoms with Crippen molar-refractivity contribution in [1.29, 1.82) is 0 Å². The van der Waals surface area contributed by atoms with E-state index < -0.39 is 0 Å². The lowest BCUT2D eigenvalue weighted by Crippen LogP contribution is -2.33. The number of carbonyl (C=O) groups is 1. The van der Waals surface area contributed by atoms with Crippen molar-refractivity contribution in [3.8, 4) is 0 Å². The highest BCUT2D eigenvalue weighted by molar-refractivity contribution is 6.06. The topological polar surface area (TPSA) is 52.5 Å². The van der Waals surface area contributed by atoms with Crippen molar-refractivity contribution in [3.05, 3.63) is 36.0 Å².